The van der Waals surface area contributed by atoms with Crippen LogP contribution < -0.4 is 0 Å². The van der Waals surface area contributed by atoms with Crippen molar-refractivity contribution >= 4 is 30.5 Å². The fourth-order valence-electron chi connectivity index (χ4n) is 2.37. The Morgan fingerprint density at radius 1 is 1.06 bits per heavy atom. The SMILES string of the molecule is CBn1c(/C=C\C)c(/C=C\C)c2ccccc21. The molecule has 2 heteroatoms. The molecule has 0 amide bonds. The fraction of sp³-hybridized carbons (Fsp3) is 0.200. The van der Waals surface area contributed by atoms with Crippen molar-refractivity contribution in [2.24, 2.45) is 0 Å². The van der Waals surface area contributed by atoms with Crippen LogP contribution in [0.15, 0.2) is 36.4 Å². The molecule has 0 bridgehead atoms. The molecule has 2 rings (SSSR count). The Hall–Kier alpha value is -1.70. The Bertz CT molecular complexity index is 576. The quantitative estimate of drug-likeness (QED) is 0.694. The van der Waals surface area contributed by atoms with Gasteiger partial charge in [-0.1, -0.05) is 43.3 Å². The number of hydrogen-bond acceptors (Lipinski definition) is 0. The van der Waals surface area contributed by atoms with E-state index >= 15 is 0 Å². The normalized spacial score (nSPS) is 11.9. The van der Waals surface area contributed by atoms with E-state index in [1.54, 1.807) is 0 Å². The molecule has 0 atom stereocenters. The van der Waals surface area contributed by atoms with Gasteiger partial charge in [-0.2, -0.15) is 0 Å². The van der Waals surface area contributed by atoms with Crippen LogP contribution >= 0.6 is 0 Å². The molecule has 0 N–H and O–H groups in total. The van der Waals surface area contributed by atoms with Crippen LogP contribution in [0.2, 0.25) is 6.82 Å². The first kappa shape index (κ1) is 11.8. The van der Waals surface area contributed by atoms with E-state index in [0.717, 1.165) is 7.41 Å². The zero-order valence-electron chi connectivity index (χ0n) is 10.8. The molecule has 0 saturated carbocycles. The van der Waals surface area contributed by atoms with Crippen LogP contribution in [-0.2, 0) is 0 Å². The van der Waals surface area contributed by atoms with Crippen molar-refractivity contribution in [3.63, 3.8) is 0 Å². The molecule has 0 radical (unpaired) electrons. The van der Waals surface area contributed by atoms with E-state index in [-0.39, 0.29) is 0 Å². The van der Waals surface area contributed by atoms with Gasteiger partial charge in [-0.25, -0.2) is 0 Å². The first-order valence-corrected chi connectivity index (χ1v) is 6.20. The van der Waals surface area contributed by atoms with Crippen LogP contribution in [0, 0.1) is 0 Å². The first-order valence-electron chi connectivity index (χ1n) is 6.20. The standard InChI is InChI=1S/C15H18BN/c1-4-8-12-13-10-6-7-11-15(13)17(16-3)14(12)9-5-2/h4-11,16H,1-3H3/b8-4-,9-5-. The average Bonchev–Trinajstić information content (AvgIpc) is 2.65. The van der Waals surface area contributed by atoms with E-state index in [0.29, 0.717) is 0 Å². The van der Waals surface area contributed by atoms with Crippen molar-refractivity contribution in [1.82, 2.24) is 4.48 Å². The van der Waals surface area contributed by atoms with Gasteiger partial charge >= 0.3 is 0 Å². The van der Waals surface area contributed by atoms with Crippen LogP contribution in [0.25, 0.3) is 23.1 Å². The van der Waals surface area contributed by atoms with Crippen molar-refractivity contribution in [2.75, 3.05) is 0 Å². The van der Waals surface area contributed by atoms with Gasteiger partial charge in [0.1, 0.15) is 0 Å². The largest absolute Gasteiger partial charge is 0.389 e. The Balaban J connectivity index is 2.86. The maximum absolute atomic E-state index is 2.37. The zero-order chi connectivity index (χ0) is 12.3. The molecule has 17 heavy (non-hydrogen) atoms. The lowest BCUT2D eigenvalue weighted by Crippen LogP contribution is -2.03. The molecule has 0 spiro atoms. The predicted octanol–water partition coefficient (Wildman–Crippen LogP) is 3.96. The van der Waals surface area contributed by atoms with Crippen molar-refractivity contribution in [2.45, 2.75) is 20.7 Å². The molecule has 0 aliphatic carbocycles. The zero-order valence-corrected chi connectivity index (χ0v) is 10.8. The summed E-state index contributed by atoms with van der Waals surface area (Å²) in [7, 11) is 0.998. The highest BCUT2D eigenvalue weighted by Gasteiger charge is 2.11. The minimum Gasteiger partial charge on any atom is -0.389 e. The summed E-state index contributed by atoms with van der Waals surface area (Å²) in [4.78, 5) is 0. The van der Waals surface area contributed by atoms with Crippen molar-refractivity contribution in [3.05, 3.63) is 47.7 Å². The van der Waals surface area contributed by atoms with Crippen LogP contribution in [0.3, 0.4) is 0 Å². The summed E-state index contributed by atoms with van der Waals surface area (Å²) in [6.45, 7) is 6.33. The second-order valence-electron chi connectivity index (χ2n) is 4.06. The summed E-state index contributed by atoms with van der Waals surface area (Å²) < 4.78 is 2.37. The van der Waals surface area contributed by atoms with E-state index in [1.807, 2.05) is 0 Å². The third-order valence-corrected chi connectivity index (χ3v) is 3.03. The first-order chi connectivity index (χ1) is 8.33. The maximum Gasteiger partial charge on any atom is 0.239 e. The minimum absolute atomic E-state index is 0.998. The summed E-state index contributed by atoms with van der Waals surface area (Å²) in [6, 6.07) is 8.60. The van der Waals surface area contributed by atoms with Gasteiger partial charge < -0.3 is 4.48 Å². The van der Waals surface area contributed by atoms with Crippen molar-refractivity contribution < 1.29 is 0 Å². The molecular weight excluding hydrogens is 205 g/mol. The Morgan fingerprint density at radius 3 is 2.41 bits per heavy atom. The van der Waals surface area contributed by atoms with E-state index in [9.17, 15) is 0 Å². The number of para-hydroxylation sites is 1. The molecule has 0 saturated heterocycles. The monoisotopic (exact) mass is 223 g/mol. The lowest BCUT2D eigenvalue weighted by Gasteiger charge is -2.03. The number of rotatable bonds is 3. The molecule has 86 valence electrons. The number of hydrogen-bond donors (Lipinski definition) is 0. The number of aromatic nitrogens is 1. The van der Waals surface area contributed by atoms with E-state index in [2.05, 4.69) is 73.7 Å². The molecule has 1 nitrogen and oxygen atoms in total. The second kappa shape index (κ2) is 5.09. The third kappa shape index (κ3) is 1.95. The summed E-state index contributed by atoms with van der Waals surface area (Å²) in [6.07, 6.45) is 8.60. The van der Waals surface area contributed by atoms with Crippen LogP contribution in [-0.4, -0.2) is 11.9 Å². The topological polar surface area (TPSA) is 4.93 Å². The lowest BCUT2D eigenvalue weighted by molar-refractivity contribution is 1.26. The highest BCUT2D eigenvalue weighted by atomic mass is 14.9. The minimum atomic E-state index is 0.998. The molecule has 0 aliphatic rings. The van der Waals surface area contributed by atoms with Gasteiger partial charge in [0.15, 0.2) is 0 Å². The highest BCUT2D eigenvalue weighted by Crippen LogP contribution is 2.27. The van der Waals surface area contributed by atoms with Crippen LogP contribution in [0.1, 0.15) is 25.1 Å². The molecule has 1 heterocycles. The number of benzene rings is 1. The van der Waals surface area contributed by atoms with Crippen molar-refractivity contribution in [3.8, 4) is 0 Å². The van der Waals surface area contributed by atoms with Gasteiger partial charge in [0.25, 0.3) is 0 Å². The molecule has 0 unspecified atom stereocenters. The van der Waals surface area contributed by atoms with Gasteiger partial charge in [0.2, 0.25) is 7.41 Å². The fourth-order valence-corrected chi connectivity index (χ4v) is 2.37. The Labute approximate surface area is 104 Å². The summed E-state index contributed by atoms with van der Waals surface area (Å²) in [5.74, 6) is 0. The molecule has 1 aromatic heterocycles. The van der Waals surface area contributed by atoms with E-state index in [4.69, 9.17) is 0 Å². The molecule has 1 aromatic carbocycles. The van der Waals surface area contributed by atoms with Gasteiger partial charge in [0, 0.05) is 22.2 Å². The second-order valence-corrected chi connectivity index (χ2v) is 4.06. The lowest BCUT2D eigenvalue weighted by atomic mass is 9.98. The van der Waals surface area contributed by atoms with Gasteiger partial charge in [-0.3, -0.25) is 0 Å². The third-order valence-electron chi connectivity index (χ3n) is 3.03. The predicted molar refractivity (Wildman–Crippen MR) is 79.8 cm³/mol. The van der Waals surface area contributed by atoms with Crippen LogP contribution in [0.5, 0.6) is 0 Å². The smallest absolute Gasteiger partial charge is 0.239 e. The summed E-state index contributed by atoms with van der Waals surface area (Å²) >= 11 is 0. The molecule has 0 aliphatic heterocycles. The number of allylic oxidation sites excluding steroid dienone is 2. The van der Waals surface area contributed by atoms with E-state index < -0.39 is 0 Å². The van der Waals surface area contributed by atoms with Gasteiger partial charge in [-0.05, 0) is 26.0 Å². The molecule has 0 fully saturated rings. The Kier molecular flexibility index (Phi) is 3.53. The summed E-state index contributed by atoms with van der Waals surface area (Å²) in [5.41, 5.74) is 3.94. The Morgan fingerprint density at radius 2 is 1.76 bits per heavy atom. The average molecular weight is 223 g/mol. The van der Waals surface area contributed by atoms with E-state index in [1.165, 1.54) is 22.2 Å². The van der Waals surface area contributed by atoms with Gasteiger partial charge in [0.05, 0.1) is 0 Å². The number of nitrogens with zero attached hydrogens (tertiary/aromatic N) is 1. The molecule has 2 aromatic rings. The summed E-state index contributed by atoms with van der Waals surface area (Å²) in [5, 5.41) is 1.33. The van der Waals surface area contributed by atoms with Gasteiger partial charge in [-0.15, -0.1) is 0 Å². The number of fused-ring (bicyclic) bond motifs is 1. The highest BCUT2D eigenvalue weighted by molar-refractivity contribution is 6.35. The van der Waals surface area contributed by atoms with Crippen LogP contribution in [0.4, 0.5) is 0 Å². The molecular formula is C15H18BN. The van der Waals surface area contributed by atoms with Crippen molar-refractivity contribution in [1.29, 1.82) is 0 Å². The maximum atomic E-state index is 2.37.